The van der Waals surface area contributed by atoms with Crippen molar-refractivity contribution < 1.29 is 32.2 Å². The minimum absolute atomic E-state index is 0.119. The van der Waals surface area contributed by atoms with E-state index in [1.165, 1.54) is 24.3 Å². The van der Waals surface area contributed by atoms with Crippen molar-refractivity contribution in [3.05, 3.63) is 59.7 Å². The van der Waals surface area contributed by atoms with E-state index in [1.807, 2.05) is 0 Å². The molecule has 2 rings (SSSR count). The first-order valence-electron chi connectivity index (χ1n) is 7.51. The number of hydrogen-bond donors (Lipinski definition) is 0. The molecule has 0 amide bonds. The Morgan fingerprint density at radius 1 is 0.960 bits per heavy atom. The molecule has 0 N–H and O–H groups in total. The molecule has 2 aromatic rings. The summed E-state index contributed by atoms with van der Waals surface area (Å²) in [6.45, 7) is 3.53. The molecule has 0 aliphatic heterocycles. The molecule has 25 heavy (non-hydrogen) atoms. The third-order valence-electron chi connectivity index (χ3n) is 3.04. The fraction of sp³-hybridized carbons (Fsp3) is 0.278. The second-order valence-electron chi connectivity index (χ2n) is 5.47. The van der Waals surface area contributed by atoms with Crippen molar-refractivity contribution >= 4 is 6.16 Å². The van der Waals surface area contributed by atoms with E-state index in [2.05, 4.69) is 0 Å². The lowest BCUT2D eigenvalue weighted by molar-refractivity contribution is -0.137. The molecule has 0 aromatic heterocycles. The van der Waals surface area contributed by atoms with Crippen LogP contribution in [0.5, 0.6) is 11.5 Å². The van der Waals surface area contributed by atoms with Gasteiger partial charge in [0, 0.05) is 0 Å². The van der Waals surface area contributed by atoms with Gasteiger partial charge >= 0.3 is 12.3 Å². The lowest BCUT2D eigenvalue weighted by Gasteiger charge is -2.10. The van der Waals surface area contributed by atoms with Crippen LogP contribution in [0.2, 0.25) is 0 Å². The van der Waals surface area contributed by atoms with Gasteiger partial charge < -0.3 is 14.2 Å². The Kier molecular flexibility index (Phi) is 5.90. The highest BCUT2D eigenvalue weighted by molar-refractivity contribution is 5.64. The minimum atomic E-state index is -4.36. The van der Waals surface area contributed by atoms with E-state index < -0.39 is 17.9 Å². The number of carbonyl (C=O) groups is 1. The zero-order chi connectivity index (χ0) is 18.4. The molecule has 0 saturated carbocycles. The van der Waals surface area contributed by atoms with E-state index in [0.717, 1.165) is 12.1 Å². The van der Waals surface area contributed by atoms with Crippen LogP contribution in [0, 0.1) is 0 Å². The van der Waals surface area contributed by atoms with E-state index in [1.54, 1.807) is 26.0 Å². The van der Waals surface area contributed by atoms with Crippen molar-refractivity contribution in [2.24, 2.45) is 0 Å². The lowest BCUT2D eigenvalue weighted by atomic mass is 10.1. The number of benzene rings is 2. The SMILES string of the molecule is CC(C)OC(=O)Oc1ccc(OCc2ccc(C(F)(F)F)cc2)cc1. The molecule has 0 aliphatic carbocycles. The highest BCUT2D eigenvalue weighted by Gasteiger charge is 2.29. The van der Waals surface area contributed by atoms with Crippen LogP contribution >= 0.6 is 0 Å². The molecule has 0 heterocycles. The highest BCUT2D eigenvalue weighted by atomic mass is 19.4. The molecule has 0 fully saturated rings. The normalized spacial score (nSPS) is 11.3. The van der Waals surface area contributed by atoms with Crippen LogP contribution in [0.15, 0.2) is 48.5 Å². The van der Waals surface area contributed by atoms with Gasteiger partial charge in [-0.15, -0.1) is 0 Å². The molecule has 134 valence electrons. The predicted molar refractivity (Wildman–Crippen MR) is 84.5 cm³/mol. The Hall–Kier alpha value is -2.70. The summed E-state index contributed by atoms with van der Waals surface area (Å²) in [5.74, 6) is 0.789. The quantitative estimate of drug-likeness (QED) is 0.546. The summed E-state index contributed by atoms with van der Waals surface area (Å²) < 4.78 is 52.8. The van der Waals surface area contributed by atoms with Gasteiger partial charge in [-0.1, -0.05) is 12.1 Å². The largest absolute Gasteiger partial charge is 0.514 e. The van der Waals surface area contributed by atoms with Gasteiger partial charge in [-0.3, -0.25) is 0 Å². The zero-order valence-corrected chi connectivity index (χ0v) is 13.7. The average Bonchev–Trinajstić information content (AvgIpc) is 2.53. The molecule has 0 aliphatic rings. The molecular weight excluding hydrogens is 337 g/mol. The fourth-order valence-corrected chi connectivity index (χ4v) is 1.87. The number of halogens is 3. The van der Waals surface area contributed by atoms with Gasteiger partial charge in [0.15, 0.2) is 0 Å². The first-order chi connectivity index (χ1) is 11.7. The molecule has 4 nitrogen and oxygen atoms in total. The van der Waals surface area contributed by atoms with Gasteiger partial charge in [-0.2, -0.15) is 13.2 Å². The number of alkyl halides is 3. The van der Waals surface area contributed by atoms with E-state index in [4.69, 9.17) is 14.2 Å². The van der Waals surface area contributed by atoms with Crippen LogP contribution in [-0.2, 0) is 17.5 Å². The summed E-state index contributed by atoms with van der Waals surface area (Å²) in [5.41, 5.74) is -0.0973. The lowest BCUT2D eigenvalue weighted by Crippen LogP contribution is -2.15. The van der Waals surface area contributed by atoms with Crippen molar-refractivity contribution in [3.8, 4) is 11.5 Å². The van der Waals surface area contributed by atoms with Crippen LogP contribution in [0.25, 0.3) is 0 Å². The fourth-order valence-electron chi connectivity index (χ4n) is 1.87. The smallest absolute Gasteiger partial charge is 0.489 e. The Labute approximate surface area is 143 Å². The third kappa shape index (κ3) is 6.02. The maximum Gasteiger partial charge on any atom is 0.514 e. The van der Waals surface area contributed by atoms with Crippen LogP contribution < -0.4 is 9.47 Å². The number of ether oxygens (including phenoxy) is 3. The standard InChI is InChI=1S/C18H17F3O4/c1-12(2)24-17(22)25-16-9-7-15(8-10-16)23-11-13-3-5-14(6-4-13)18(19,20)21/h3-10,12H,11H2,1-2H3. The van der Waals surface area contributed by atoms with Gasteiger partial charge in [0.2, 0.25) is 0 Å². The zero-order valence-electron chi connectivity index (χ0n) is 13.7. The first-order valence-corrected chi connectivity index (χ1v) is 7.51. The first kappa shape index (κ1) is 18.6. The highest BCUT2D eigenvalue weighted by Crippen LogP contribution is 2.29. The predicted octanol–water partition coefficient (Wildman–Crippen LogP) is 5.21. The Morgan fingerprint density at radius 3 is 2.04 bits per heavy atom. The summed E-state index contributed by atoms with van der Waals surface area (Å²) in [7, 11) is 0. The Balaban J connectivity index is 1.88. The second-order valence-corrected chi connectivity index (χ2v) is 5.47. The molecule has 0 saturated heterocycles. The van der Waals surface area contributed by atoms with Gasteiger partial charge in [0.05, 0.1) is 11.7 Å². The van der Waals surface area contributed by atoms with Gasteiger partial charge in [-0.25, -0.2) is 4.79 Å². The molecule has 0 unspecified atom stereocenters. The van der Waals surface area contributed by atoms with Crippen LogP contribution in [0.1, 0.15) is 25.0 Å². The number of rotatable bonds is 5. The summed E-state index contributed by atoms with van der Waals surface area (Å²) in [6.07, 6.45) is -5.43. The Bertz CT molecular complexity index is 692. The molecule has 0 radical (unpaired) electrons. The molecule has 0 spiro atoms. The summed E-state index contributed by atoms with van der Waals surface area (Å²) in [6, 6.07) is 11.0. The number of hydrogen-bond acceptors (Lipinski definition) is 4. The van der Waals surface area contributed by atoms with Crippen molar-refractivity contribution in [3.63, 3.8) is 0 Å². The van der Waals surface area contributed by atoms with E-state index in [9.17, 15) is 18.0 Å². The molecule has 2 aromatic carbocycles. The maximum absolute atomic E-state index is 12.5. The van der Waals surface area contributed by atoms with E-state index >= 15 is 0 Å². The van der Waals surface area contributed by atoms with Crippen LogP contribution in [0.4, 0.5) is 18.0 Å². The molecular formula is C18H17F3O4. The minimum Gasteiger partial charge on any atom is -0.489 e. The molecule has 7 heteroatoms. The van der Waals surface area contributed by atoms with E-state index in [-0.39, 0.29) is 12.7 Å². The summed E-state index contributed by atoms with van der Waals surface area (Å²) in [5, 5.41) is 0. The Morgan fingerprint density at radius 2 is 1.52 bits per heavy atom. The van der Waals surface area contributed by atoms with Crippen molar-refractivity contribution in [1.29, 1.82) is 0 Å². The summed E-state index contributed by atoms with van der Waals surface area (Å²) in [4.78, 5) is 11.4. The van der Waals surface area contributed by atoms with Gasteiger partial charge in [0.25, 0.3) is 0 Å². The third-order valence-corrected chi connectivity index (χ3v) is 3.04. The van der Waals surface area contributed by atoms with Crippen molar-refractivity contribution in [2.75, 3.05) is 0 Å². The molecule has 0 atom stereocenters. The molecule has 0 bridgehead atoms. The summed E-state index contributed by atoms with van der Waals surface area (Å²) >= 11 is 0. The monoisotopic (exact) mass is 354 g/mol. The van der Waals surface area contributed by atoms with Crippen LogP contribution in [-0.4, -0.2) is 12.3 Å². The average molecular weight is 354 g/mol. The van der Waals surface area contributed by atoms with Crippen LogP contribution in [0.3, 0.4) is 0 Å². The number of carbonyl (C=O) groups excluding carboxylic acids is 1. The second kappa shape index (κ2) is 7.92. The van der Waals surface area contributed by atoms with Gasteiger partial charge in [-0.05, 0) is 55.8 Å². The van der Waals surface area contributed by atoms with Crippen molar-refractivity contribution in [2.45, 2.75) is 32.7 Å². The van der Waals surface area contributed by atoms with Crippen molar-refractivity contribution in [1.82, 2.24) is 0 Å². The maximum atomic E-state index is 12.5. The van der Waals surface area contributed by atoms with E-state index in [0.29, 0.717) is 17.1 Å². The topological polar surface area (TPSA) is 44.8 Å². The van der Waals surface area contributed by atoms with Gasteiger partial charge in [0.1, 0.15) is 18.1 Å².